The van der Waals surface area contributed by atoms with E-state index in [0.717, 1.165) is 11.5 Å². The van der Waals surface area contributed by atoms with Crippen LogP contribution in [0.1, 0.15) is 36.7 Å². The van der Waals surface area contributed by atoms with E-state index in [1.54, 1.807) is 0 Å². The predicted octanol–water partition coefficient (Wildman–Crippen LogP) is 3.05. The molecule has 19 heavy (non-hydrogen) atoms. The Morgan fingerprint density at radius 3 is 2.68 bits per heavy atom. The second-order valence-corrected chi connectivity index (χ2v) is 5.32. The molecule has 1 heterocycles. The topological polar surface area (TPSA) is 38.1 Å². The number of hydrogen-bond acceptors (Lipinski definition) is 2. The van der Waals surface area contributed by atoms with Gasteiger partial charge in [-0.2, -0.15) is 0 Å². The maximum atomic E-state index is 9.04. The van der Waals surface area contributed by atoms with Crippen molar-refractivity contribution in [2.75, 3.05) is 6.61 Å². The Balaban J connectivity index is 2.49. The fourth-order valence-electron chi connectivity index (χ4n) is 2.31. The molecule has 0 atom stereocenters. The monoisotopic (exact) mass is 258 g/mol. The lowest BCUT2D eigenvalue weighted by atomic mass is 9.96. The first-order valence-electron chi connectivity index (χ1n) is 6.77. The van der Waals surface area contributed by atoms with Crippen molar-refractivity contribution in [1.82, 2.24) is 9.55 Å². The van der Waals surface area contributed by atoms with E-state index >= 15 is 0 Å². The lowest BCUT2D eigenvalue weighted by molar-refractivity contribution is 0.295. The third-order valence-corrected chi connectivity index (χ3v) is 3.62. The summed E-state index contributed by atoms with van der Waals surface area (Å²) < 4.78 is 2.07. The third-order valence-electron chi connectivity index (χ3n) is 3.62. The molecule has 0 aliphatic heterocycles. The van der Waals surface area contributed by atoms with Gasteiger partial charge in [-0.15, -0.1) is 0 Å². The highest BCUT2D eigenvalue weighted by Crippen LogP contribution is 2.27. The average molecular weight is 258 g/mol. The van der Waals surface area contributed by atoms with Crippen LogP contribution in [-0.2, 0) is 13.5 Å². The number of hydrogen-bond donors (Lipinski definition) is 1. The minimum absolute atomic E-state index is 0.134. The molecule has 0 saturated heterocycles. The van der Waals surface area contributed by atoms with Crippen LogP contribution in [0.5, 0.6) is 0 Å². The number of aromatic nitrogens is 2. The summed E-state index contributed by atoms with van der Waals surface area (Å²) in [5.41, 5.74) is 4.93. The summed E-state index contributed by atoms with van der Waals surface area (Å²) in [6.07, 6.45) is 2.50. The van der Waals surface area contributed by atoms with Crippen LogP contribution in [0.15, 0.2) is 24.4 Å². The molecular formula is C16H22N2O. The van der Waals surface area contributed by atoms with Crippen LogP contribution >= 0.6 is 0 Å². The molecule has 3 nitrogen and oxygen atoms in total. The summed E-state index contributed by atoms with van der Waals surface area (Å²) >= 11 is 0. The molecule has 2 rings (SSSR count). The lowest BCUT2D eigenvalue weighted by Gasteiger charge is -2.12. The van der Waals surface area contributed by atoms with Crippen molar-refractivity contribution < 1.29 is 5.11 Å². The van der Waals surface area contributed by atoms with Crippen LogP contribution < -0.4 is 0 Å². The quantitative estimate of drug-likeness (QED) is 0.915. The molecule has 0 fully saturated rings. The molecule has 0 unspecified atom stereocenters. The lowest BCUT2D eigenvalue weighted by Crippen LogP contribution is -2.03. The minimum atomic E-state index is 0.134. The summed E-state index contributed by atoms with van der Waals surface area (Å²) in [7, 11) is 2.01. The van der Waals surface area contributed by atoms with Crippen molar-refractivity contribution in [2.24, 2.45) is 7.05 Å². The number of aliphatic hydroxyl groups excluding tert-OH is 1. The first-order valence-corrected chi connectivity index (χ1v) is 6.77. The molecule has 0 saturated carbocycles. The maximum Gasteiger partial charge on any atom is 0.111 e. The molecule has 2 aromatic rings. The molecule has 1 aromatic carbocycles. The van der Waals surface area contributed by atoms with Gasteiger partial charge in [0.05, 0.1) is 18.5 Å². The SMILES string of the molecule is Cc1ccc(C(C)C)cc1-c1cnc(CCO)n1C. The van der Waals surface area contributed by atoms with Crippen LogP contribution in [0.3, 0.4) is 0 Å². The van der Waals surface area contributed by atoms with Gasteiger partial charge >= 0.3 is 0 Å². The number of imidazole rings is 1. The molecular weight excluding hydrogens is 236 g/mol. The van der Waals surface area contributed by atoms with Crippen molar-refractivity contribution in [3.05, 3.63) is 41.3 Å². The minimum Gasteiger partial charge on any atom is -0.396 e. The van der Waals surface area contributed by atoms with E-state index in [0.29, 0.717) is 12.3 Å². The number of aliphatic hydroxyl groups is 1. The second-order valence-electron chi connectivity index (χ2n) is 5.32. The van der Waals surface area contributed by atoms with Crippen LogP contribution in [0, 0.1) is 6.92 Å². The van der Waals surface area contributed by atoms with Gasteiger partial charge in [-0.1, -0.05) is 26.0 Å². The van der Waals surface area contributed by atoms with Gasteiger partial charge in [-0.05, 0) is 30.0 Å². The van der Waals surface area contributed by atoms with E-state index in [-0.39, 0.29) is 6.61 Å². The van der Waals surface area contributed by atoms with Gasteiger partial charge in [-0.25, -0.2) is 4.98 Å². The summed E-state index contributed by atoms with van der Waals surface area (Å²) in [4.78, 5) is 4.40. The van der Waals surface area contributed by atoms with Crippen molar-refractivity contribution in [2.45, 2.75) is 33.1 Å². The van der Waals surface area contributed by atoms with E-state index in [1.165, 1.54) is 16.7 Å². The van der Waals surface area contributed by atoms with Crippen LogP contribution in [0.4, 0.5) is 0 Å². The zero-order valence-corrected chi connectivity index (χ0v) is 12.1. The van der Waals surface area contributed by atoms with E-state index in [9.17, 15) is 0 Å². The Kier molecular flexibility index (Phi) is 4.05. The molecule has 0 spiro atoms. The van der Waals surface area contributed by atoms with Gasteiger partial charge < -0.3 is 9.67 Å². The van der Waals surface area contributed by atoms with Gasteiger partial charge in [0.1, 0.15) is 5.82 Å². The fraction of sp³-hybridized carbons (Fsp3) is 0.438. The molecule has 1 N–H and O–H groups in total. The molecule has 0 radical (unpaired) electrons. The Bertz CT molecular complexity index is 570. The summed E-state index contributed by atoms with van der Waals surface area (Å²) in [5.74, 6) is 1.44. The largest absolute Gasteiger partial charge is 0.396 e. The van der Waals surface area contributed by atoms with Crippen LogP contribution in [0.25, 0.3) is 11.3 Å². The average Bonchev–Trinajstić information content (AvgIpc) is 2.72. The first kappa shape index (κ1) is 13.8. The van der Waals surface area contributed by atoms with Crippen molar-refractivity contribution in [3.63, 3.8) is 0 Å². The molecule has 3 heteroatoms. The normalized spacial score (nSPS) is 11.3. The Hall–Kier alpha value is -1.61. The molecule has 0 aliphatic carbocycles. The Morgan fingerprint density at radius 1 is 1.32 bits per heavy atom. The zero-order chi connectivity index (χ0) is 14.0. The second kappa shape index (κ2) is 5.57. The van der Waals surface area contributed by atoms with E-state index in [1.807, 2.05) is 13.2 Å². The van der Waals surface area contributed by atoms with Crippen molar-refractivity contribution in [1.29, 1.82) is 0 Å². The molecule has 0 bridgehead atoms. The van der Waals surface area contributed by atoms with Crippen LogP contribution in [-0.4, -0.2) is 21.3 Å². The smallest absolute Gasteiger partial charge is 0.111 e. The summed E-state index contributed by atoms with van der Waals surface area (Å²) in [6.45, 7) is 6.66. The number of benzene rings is 1. The van der Waals surface area contributed by atoms with E-state index in [4.69, 9.17) is 5.11 Å². The fourth-order valence-corrected chi connectivity index (χ4v) is 2.31. The van der Waals surface area contributed by atoms with Crippen molar-refractivity contribution in [3.8, 4) is 11.3 Å². The molecule has 0 amide bonds. The van der Waals surface area contributed by atoms with Gasteiger partial charge in [0, 0.05) is 19.0 Å². The summed E-state index contributed by atoms with van der Waals surface area (Å²) in [5, 5.41) is 9.04. The first-order chi connectivity index (χ1) is 9.04. The zero-order valence-electron chi connectivity index (χ0n) is 12.1. The molecule has 102 valence electrons. The van der Waals surface area contributed by atoms with Gasteiger partial charge in [0.15, 0.2) is 0 Å². The summed E-state index contributed by atoms with van der Waals surface area (Å²) in [6, 6.07) is 6.61. The van der Waals surface area contributed by atoms with Gasteiger partial charge in [-0.3, -0.25) is 0 Å². The van der Waals surface area contributed by atoms with Gasteiger partial charge in [0.25, 0.3) is 0 Å². The maximum absolute atomic E-state index is 9.04. The Morgan fingerprint density at radius 2 is 2.05 bits per heavy atom. The molecule has 0 aliphatic rings. The predicted molar refractivity (Wildman–Crippen MR) is 78.3 cm³/mol. The number of aryl methyl sites for hydroxylation is 1. The van der Waals surface area contributed by atoms with E-state index in [2.05, 4.69) is 48.5 Å². The highest BCUT2D eigenvalue weighted by molar-refractivity contribution is 5.65. The number of nitrogens with zero attached hydrogens (tertiary/aromatic N) is 2. The van der Waals surface area contributed by atoms with Crippen LogP contribution in [0.2, 0.25) is 0 Å². The van der Waals surface area contributed by atoms with E-state index < -0.39 is 0 Å². The third kappa shape index (κ3) is 2.71. The highest BCUT2D eigenvalue weighted by Gasteiger charge is 2.11. The highest BCUT2D eigenvalue weighted by atomic mass is 16.3. The standard InChI is InChI=1S/C16H22N2O/c1-11(2)13-6-5-12(3)14(9-13)15-10-17-16(7-8-19)18(15)4/h5-6,9-11,19H,7-8H2,1-4H3. The Labute approximate surface area is 114 Å². The van der Waals surface area contributed by atoms with Gasteiger partial charge in [0.2, 0.25) is 0 Å². The van der Waals surface area contributed by atoms with Crippen molar-refractivity contribution >= 4 is 0 Å². The molecule has 1 aromatic heterocycles. The number of rotatable bonds is 4.